The number of nitrogens with one attached hydrogen (secondary N) is 1. The summed E-state index contributed by atoms with van der Waals surface area (Å²) in [4.78, 5) is 16.1. The van der Waals surface area contributed by atoms with Crippen LogP contribution in [0.15, 0.2) is 18.2 Å². The summed E-state index contributed by atoms with van der Waals surface area (Å²) in [6.45, 7) is 6.05. The summed E-state index contributed by atoms with van der Waals surface area (Å²) in [5, 5.41) is 2.79. The van der Waals surface area contributed by atoms with Crippen LogP contribution in [0.5, 0.6) is 0 Å². The largest absolute Gasteiger partial charge is 0.351 e. The van der Waals surface area contributed by atoms with Gasteiger partial charge in [-0.05, 0) is 13.3 Å². The summed E-state index contributed by atoms with van der Waals surface area (Å²) in [5.41, 5.74) is 2.47. The summed E-state index contributed by atoms with van der Waals surface area (Å²) >= 11 is 1.37. The van der Waals surface area contributed by atoms with Crippen LogP contribution in [0.2, 0.25) is 0 Å². The molecule has 0 aromatic carbocycles. The molecule has 0 radical (unpaired) electrons. The van der Waals surface area contributed by atoms with Gasteiger partial charge in [-0.15, -0.1) is 17.9 Å². The molecule has 1 aromatic heterocycles. The SMILES string of the molecule is C=CCCNC(=O)c1scnc1C. The first kappa shape index (κ1) is 9.92. The van der Waals surface area contributed by atoms with E-state index in [1.54, 1.807) is 11.6 Å². The lowest BCUT2D eigenvalue weighted by atomic mass is 10.3. The number of hydrogen-bond acceptors (Lipinski definition) is 3. The van der Waals surface area contributed by atoms with Gasteiger partial charge in [0.2, 0.25) is 0 Å². The number of rotatable bonds is 4. The molecule has 70 valence electrons. The average Bonchev–Trinajstić information content (AvgIpc) is 2.52. The van der Waals surface area contributed by atoms with Crippen LogP contribution >= 0.6 is 11.3 Å². The smallest absolute Gasteiger partial charge is 0.263 e. The second kappa shape index (κ2) is 4.77. The van der Waals surface area contributed by atoms with Gasteiger partial charge in [-0.25, -0.2) is 4.98 Å². The molecule has 1 aromatic rings. The van der Waals surface area contributed by atoms with Crippen LogP contribution in [0.4, 0.5) is 0 Å². The molecule has 0 fully saturated rings. The lowest BCUT2D eigenvalue weighted by Crippen LogP contribution is -2.23. The number of hydrogen-bond donors (Lipinski definition) is 1. The Bertz CT molecular complexity index is 306. The molecule has 0 atom stereocenters. The van der Waals surface area contributed by atoms with E-state index in [9.17, 15) is 4.79 Å². The quantitative estimate of drug-likeness (QED) is 0.589. The Kier molecular flexibility index (Phi) is 3.64. The Balaban J connectivity index is 2.49. The molecular weight excluding hydrogens is 184 g/mol. The van der Waals surface area contributed by atoms with Crippen molar-refractivity contribution in [3.8, 4) is 0 Å². The molecule has 1 rings (SSSR count). The fourth-order valence-electron chi connectivity index (χ4n) is 0.888. The predicted molar refractivity (Wildman–Crippen MR) is 54.0 cm³/mol. The normalized spacial score (nSPS) is 9.62. The highest BCUT2D eigenvalue weighted by atomic mass is 32.1. The van der Waals surface area contributed by atoms with Crippen LogP contribution in [0, 0.1) is 6.92 Å². The summed E-state index contributed by atoms with van der Waals surface area (Å²) in [6.07, 6.45) is 2.57. The Labute approximate surface area is 81.5 Å². The first-order valence-corrected chi connectivity index (χ1v) is 4.93. The van der Waals surface area contributed by atoms with Gasteiger partial charge in [-0.2, -0.15) is 0 Å². The number of aromatic nitrogens is 1. The second-order valence-corrected chi connectivity index (χ2v) is 3.45. The van der Waals surface area contributed by atoms with Crippen molar-refractivity contribution >= 4 is 17.2 Å². The molecule has 0 saturated carbocycles. The molecule has 1 heterocycles. The molecule has 0 bridgehead atoms. The summed E-state index contributed by atoms with van der Waals surface area (Å²) in [5.74, 6) is -0.0400. The van der Waals surface area contributed by atoms with E-state index in [4.69, 9.17) is 0 Å². The van der Waals surface area contributed by atoms with Crippen LogP contribution in [0.1, 0.15) is 21.8 Å². The number of carbonyl (C=O) groups excluding carboxylic acids is 1. The van der Waals surface area contributed by atoms with Gasteiger partial charge in [0.15, 0.2) is 0 Å². The zero-order chi connectivity index (χ0) is 9.68. The van der Waals surface area contributed by atoms with Crippen LogP contribution in [-0.4, -0.2) is 17.4 Å². The van der Waals surface area contributed by atoms with Crippen LogP contribution < -0.4 is 5.32 Å². The van der Waals surface area contributed by atoms with Gasteiger partial charge >= 0.3 is 0 Å². The highest BCUT2D eigenvalue weighted by molar-refractivity contribution is 7.11. The van der Waals surface area contributed by atoms with Crippen LogP contribution in [-0.2, 0) is 0 Å². The summed E-state index contributed by atoms with van der Waals surface area (Å²) < 4.78 is 0. The maximum atomic E-state index is 11.4. The molecule has 0 unspecified atom stereocenters. The van der Waals surface area contributed by atoms with Crippen molar-refractivity contribution in [3.05, 3.63) is 28.7 Å². The van der Waals surface area contributed by atoms with Crippen molar-refractivity contribution in [2.24, 2.45) is 0 Å². The molecular formula is C9H12N2OS. The molecule has 0 aliphatic heterocycles. The average molecular weight is 196 g/mol. The van der Waals surface area contributed by atoms with Crippen molar-refractivity contribution in [1.82, 2.24) is 10.3 Å². The van der Waals surface area contributed by atoms with E-state index in [-0.39, 0.29) is 5.91 Å². The van der Waals surface area contributed by atoms with Crippen molar-refractivity contribution in [3.63, 3.8) is 0 Å². The fourth-order valence-corrected chi connectivity index (χ4v) is 1.61. The van der Waals surface area contributed by atoms with E-state index in [0.717, 1.165) is 12.1 Å². The first-order valence-electron chi connectivity index (χ1n) is 4.05. The molecule has 1 amide bonds. The minimum atomic E-state index is -0.0400. The van der Waals surface area contributed by atoms with E-state index >= 15 is 0 Å². The highest BCUT2D eigenvalue weighted by Crippen LogP contribution is 2.11. The number of nitrogens with zero attached hydrogens (tertiary/aromatic N) is 1. The van der Waals surface area contributed by atoms with Gasteiger partial charge in [-0.1, -0.05) is 6.08 Å². The summed E-state index contributed by atoms with van der Waals surface area (Å²) in [6, 6.07) is 0. The minimum absolute atomic E-state index is 0.0400. The van der Waals surface area contributed by atoms with Gasteiger partial charge in [-0.3, -0.25) is 4.79 Å². The van der Waals surface area contributed by atoms with E-state index in [2.05, 4.69) is 16.9 Å². The van der Waals surface area contributed by atoms with Crippen LogP contribution in [0.25, 0.3) is 0 Å². The third-order valence-corrected chi connectivity index (χ3v) is 2.51. The molecule has 4 heteroatoms. The lowest BCUT2D eigenvalue weighted by molar-refractivity contribution is 0.0957. The van der Waals surface area contributed by atoms with Crippen molar-refractivity contribution in [2.45, 2.75) is 13.3 Å². The standard InChI is InChI=1S/C9H12N2OS/c1-3-4-5-10-9(12)8-7(2)11-6-13-8/h3,6H,1,4-5H2,2H3,(H,10,12). The molecule has 1 N–H and O–H groups in total. The minimum Gasteiger partial charge on any atom is -0.351 e. The van der Waals surface area contributed by atoms with Crippen LogP contribution in [0.3, 0.4) is 0 Å². The third kappa shape index (κ3) is 2.66. The van der Waals surface area contributed by atoms with Gasteiger partial charge in [0.05, 0.1) is 11.2 Å². The zero-order valence-corrected chi connectivity index (χ0v) is 8.36. The molecule has 0 aliphatic rings. The van der Waals surface area contributed by atoms with Gasteiger partial charge in [0.25, 0.3) is 5.91 Å². The molecule has 3 nitrogen and oxygen atoms in total. The van der Waals surface area contributed by atoms with E-state index < -0.39 is 0 Å². The van der Waals surface area contributed by atoms with Gasteiger partial charge in [0, 0.05) is 6.54 Å². The fraction of sp³-hybridized carbons (Fsp3) is 0.333. The number of thiazole rings is 1. The number of amides is 1. The van der Waals surface area contributed by atoms with Crippen molar-refractivity contribution in [2.75, 3.05) is 6.54 Å². The topological polar surface area (TPSA) is 42.0 Å². The Hall–Kier alpha value is -1.16. The van der Waals surface area contributed by atoms with E-state index in [1.807, 2.05) is 6.92 Å². The number of aryl methyl sites for hydroxylation is 1. The molecule has 0 saturated heterocycles. The zero-order valence-electron chi connectivity index (χ0n) is 7.54. The van der Waals surface area contributed by atoms with Crippen molar-refractivity contribution < 1.29 is 4.79 Å². The maximum Gasteiger partial charge on any atom is 0.263 e. The van der Waals surface area contributed by atoms with Gasteiger partial charge in [0.1, 0.15) is 4.88 Å². The Morgan fingerprint density at radius 2 is 2.62 bits per heavy atom. The first-order chi connectivity index (χ1) is 6.25. The monoisotopic (exact) mass is 196 g/mol. The van der Waals surface area contributed by atoms with Crippen molar-refractivity contribution in [1.29, 1.82) is 0 Å². The van der Waals surface area contributed by atoms with E-state index in [0.29, 0.717) is 11.4 Å². The number of carbonyl (C=O) groups is 1. The molecule has 0 spiro atoms. The predicted octanol–water partition coefficient (Wildman–Crippen LogP) is 1.76. The van der Waals surface area contributed by atoms with Gasteiger partial charge < -0.3 is 5.32 Å². The second-order valence-electron chi connectivity index (χ2n) is 2.60. The Morgan fingerprint density at radius 1 is 1.85 bits per heavy atom. The Morgan fingerprint density at radius 3 is 3.15 bits per heavy atom. The van der Waals surface area contributed by atoms with E-state index in [1.165, 1.54) is 11.3 Å². The summed E-state index contributed by atoms with van der Waals surface area (Å²) in [7, 11) is 0. The maximum absolute atomic E-state index is 11.4. The lowest BCUT2D eigenvalue weighted by Gasteiger charge is -2.00. The molecule has 13 heavy (non-hydrogen) atoms. The third-order valence-electron chi connectivity index (χ3n) is 1.59. The molecule has 0 aliphatic carbocycles. The highest BCUT2D eigenvalue weighted by Gasteiger charge is 2.09.